The molecule has 0 bridgehead atoms. The Morgan fingerprint density at radius 1 is 1.16 bits per heavy atom. The summed E-state index contributed by atoms with van der Waals surface area (Å²) in [6, 6.07) is 0. The molecule has 0 aliphatic heterocycles. The Balaban J connectivity index is 2.12. The Morgan fingerprint density at radius 3 is 2.37 bits per heavy atom. The minimum absolute atomic E-state index is 0.344. The molecule has 0 atom stereocenters. The first-order chi connectivity index (χ1) is 9.19. The van der Waals surface area contributed by atoms with Crippen LogP contribution in [0.4, 0.5) is 0 Å². The topological polar surface area (TPSA) is 64.9 Å². The number of hydrogen-bond donors (Lipinski definition) is 1. The molecule has 4 heteroatoms. The third kappa shape index (κ3) is 3.35. The van der Waals surface area contributed by atoms with E-state index in [9.17, 15) is 0 Å². The van der Waals surface area contributed by atoms with E-state index in [4.69, 9.17) is 10.3 Å². The molecule has 0 saturated heterocycles. The van der Waals surface area contributed by atoms with Crippen molar-refractivity contribution in [1.29, 1.82) is 0 Å². The molecule has 4 nitrogen and oxygen atoms in total. The maximum absolute atomic E-state index is 6.46. The monoisotopic (exact) mass is 265 g/mol. The van der Waals surface area contributed by atoms with E-state index in [1.807, 2.05) is 0 Å². The fourth-order valence-corrected chi connectivity index (χ4v) is 3.10. The second kappa shape index (κ2) is 6.51. The molecule has 1 aliphatic rings. The van der Waals surface area contributed by atoms with Crippen LogP contribution in [0.1, 0.15) is 89.3 Å². The summed E-state index contributed by atoms with van der Waals surface area (Å²) in [4.78, 5) is 4.64. The molecule has 19 heavy (non-hydrogen) atoms. The van der Waals surface area contributed by atoms with Gasteiger partial charge in [0.05, 0.1) is 5.54 Å². The largest absolute Gasteiger partial charge is 0.339 e. The van der Waals surface area contributed by atoms with Crippen LogP contribution in [-0.2, 0) is 5.54 Å². The number of nitrogens with two attached hydrogens (primary N) is 1. The summed E-state index contributed by atoms with van der Waals surface area (Å²) in [5.41, 5.74) is 6.11. The first kappa shape index (κ1) is 14.5. The van der Waals surface area contributed by atoms with Gasteiger partial charge in [0.15, 0.2) is 5.82 Å². The van der Waals surface area contributed by atoms with E-state index >= 15 is 0 Å². The minimum atomic E-state index is -0.344. The van der Waals surface area contributed by atoms with Crippen molar-refractivity contribution in [2.24, 2.45) is 5.73 Å². The normalized spacial score (nSPS) is 18.9. The highest BCUT2D eigenvalue weighted by molar-refractivity contribution is 5.07. The Hall–Kier alpha value is -0.900. The van der Waals surface area contributed by atoms with Crippen molar-refractivity contribution in [1.82, 2.24) is 10.1 Å². The lowest BCUT2D eigenvalue weighted by atomic mass is 9.82. The molecule has 1 saturated carbocycles. The van der Waals surface area contributed by atoms with Gasteiger partial charge in [0, 0.05) is 5.92 Å². The van der Waals surface area contributed by atoms with E-state index in [1.165, 1.54) is 19.3 Å². The van der Waals surface area contributed by atoms with E-state index in [0.29, 0.717) is 5.92 Å². The first-order valence-corrected chi connectivity index (χ1v) is 7.82. The summed E-state index contributed by atoms with van der Waals surface area (Å²) in [7, 11) is 0. The van der Waals surface area contributed by atoms with Crippen LogP contribution < -0.4 is 5.73 Å². The van der Waals surface area contributed by atoms with Gasteiger partial charge in [-0.15, -0.1) is 0 Å². The fraction of sp³-hybridized carbons (Fsp3) is 0.867. The van der Waals surface area contributed by atoms with E-state index < -0.39 is 0 Å². The average Bonchev–Trinajstić information content (AvgIpc) is 2.90. The van der Waals surface area contributed by atoms with Crippen LogP contribution in [0.5, 0.6) is 0 Å². The number of nitrogens with zero attached hydrogens (tertiary/aromatic N) is 2. The average molecular weight is 265 g/mol. The van der Waals surface area contributed by atoms with Gasteiger partial charge in [-0.05, 0) is 25.7 Å². The van der Waals surface area contributed by atoms with Crippen molar-refractivity contribution in [3.8, 4) is 0 Å². The number of aromatic nitrogens is 2. The summed E-state index contributed by atoms with van der Waals surface area (Å²) in [6.45, 7) is 4.40. The third-order valence-corrected chi connectivity index (χ3v) is 4.26. The van der Waals surface area contributed by atoms with Crippen molar-refractivity contribution < 1.29 is 4.52 Å². The molecule has 0 aromatic carbocycles. The van der Waals surface area contributed by atoms with E-state index in [-0.39, 0.29) is 5.54 Å². The van der Waals surface area contributed by atoms with Gasteiger partial charge in [-0.3, -0.25) is 0 Å². The second-order valence-corrected chi connectivity index (χ2v) is 5.95. The Kier molecular flexibility index (Phi) is 4.97. The van der Waals surface area contributed by atoms with Gasteiger partial charge in [-0.25, -0.2) is 0 Å². The molecule has 1 aromatic heterocycles. The molecule has 0 spiro atoms. The predicted molar refractivity (Wildman–Crippen MR) is 75.8 cm³/mol. The van der Waals surface area contributed by atoms with Crippen LogP contribution in [0, 0.1) is 0 Å². The van der Waals surface area contributed by atoms with Gasteiger partial charge < -0.3 is 10.3 Å². The lowest BCUT2D eigenvalue weighted by Gasteiger charge is -2.29. The molecule has 0 radical (unpaired) electrons. The van der Waals surface area contributed by atoms with Crippen LogP contribution in [0.2, 0.25) is 0 Å². The molecule has 2 N–H and O–H groups in total. The van der Waals surface area contributed by atoms with Crippen LogP contribution >= 0.6 is 0 Å². The van der Waals surface area contributed by atoms with Gasteiger partial charge >= 0.3 is 0 Å². The van der Waals surface area contributed by atoms with Crippen molar-refractivity contribution in [3.05, 3.63) is 11.7 Å². The molecule has 108 valence electrons. The highest BCUT2D eigenvalue weighted by atomic mass is 16.5. The minimum Gasteiger partial charge on any atom is -0.339 e. The number of rotatable bonds is 6. The summed E-state index contributed by atoms with van der Waals surface area (Å²) >= 11 is 0. The molecule has 1 aromatic rings. The van der Waals surface area contributed by atoms with E-state index in [0.717, 1.165) is 50.2 Å². The third-order valence-electron chi connectivity index (χ3n) is 4.26. The zero-order valence-electron chi connectivity index (χ0n) is 12.3. The Labute approximate surface area is 116 Å². The standard InChI is InChI=1S/C15H27N3O/c1-3-8-12(9-4-2)13-17-14(18-19-13)15(16)10-6-5-7-11-15/h12H,3-11,16H2,1-2H3. The quantitative estimate of drug-likeness (QED) is 0.848. The Bertz CT molecular complexity index is 376. The smallest absolute Gasteiger partial charge is 0.229 e. The molecule has 0 amide bonds. The van der Waals surface area contributed by atoms with E-state index in [1.54, 1.807) is 0 Å². The van der Waals surface area contributed by atoms with Gasteiger partial charge in [0.25, 0.3) is 0 Å². The molecule has 1 heterocycles. The van der Waals surface area contributed by atoms with Crippen LogP contribution in [0.25, 0.3) is 0 Å². The highest BCUT2D eigenvalue weighted by Gasteiger charge is 2.34. The molecule has 2 rings (SSSR count). The lowest BCUT2D eigenvalue weighted by molar-refractivity contribution is 0.271. The van der Waals surface area contributed by atoms with Crippen molar-refractivity contribution >= 4 is 0 Å². The zero-order chi connectivity index (χ0) is 13.7. The van der Waals surface area contributed by atoms with Gasteiger partial charge in [-0.1, -0.05) is 51.1 Å². The summed E-state index contributed by atoms with van der Waals surface area (Å²) in [5.74, 6) is 1.94. The van der Waals surface area contributed by atoms with Crippen molar-refractivity contribution in [3.63, 3.8) is 0 Å². The van der Waals surface area contributed by atoms with Gasteiger partial charge in [-0.2, -0.15) is 4.98 Å². The molecule has 0 unspecified atom stereocenters. The SMILES string of the molecule is CCCC(CCC)c1nc(C2(N)CCCCC2)no1. The maximum atomic E-state index is 6.46. The summed E-state index contributed by atoms with van der Waals surface area (Å²) in [5, 5.41) is 4.19. The fourth-order valence-electron chi connectivity index (χ4n) is 3.10. The summed E-state index contributed by atoms with van der Waals surface area (Å²) in [6.07, 6.45) is 10.1. The van der Waals surface area contributed by atoms with Gasteiger partial charge in [0.2, 0.25) is 5.89 Å². The second-order valence-electron chi connectivity index (χ2n) is 5.95. The maximum Gasteiger partial charge on any atom is 0.229 e. The molecular formula is C15H27N3O. The van der Waals surface area contributed by atoms with Crippen LogP contribution in [0.3, 0.4) is 0 Å². The molecule has 1 fully saturated rings. The van der Waals surface area contributed by atoms with Crippen molar-refractivity contribution in [2.75, 3.05) is 0 Å². The van der Waals surface area contributed by atoms with Crippen molar-refractivity contribution in [2.45, 2.75) is 83.1 Å². The highest BCUT2D eigenvalue weighted by Crippen LogP contribution is 2.34. The van der Waals surface area contributed by atoms with E-state index in [2.05, 4.69) is 24.0 Å². The zero-order valence-corrected chi connectivity index (χ0v) is 12.3. The lowest BCUT2D eigenvalue weighted by Crippen LogP contribution is -2.39. The first-order valence-electron chi connectivity index (χ1n) is 7.82. The number of hydrogen-bond acceptors (Lipinski definition) is 4. The van der Waals surface area contributed by atoms with Crippen LogP contribution in [0.15, 0.2) is 4.52 Å². The Morgan fingerprint density at radius 2 is 1.79 bits per heavy atom. The summed E-state index contributed by atoms with van der Waals surface area (Å²) < 4.78 is 5.51. The predicted octanol–water partition coefficient (Wildman–Crippen LogP) is 3.87. The molecular weight excluding hydrogens is 238 g/mol. The van der Waals surface area contributed by atoms with Crippen LogP contribution in [-0.4, -0.2) is 10.1 Å². The van der Waals surface area contributed by atoms with Gasteiger partial charge in [0.1, 0.15) is 0 Å². The molecule has 1 aliphatic carbocycles.